The molecular formula is C12H20N4O2S. The summed E-state index contributed by atoms with van der Waals surface area (Å²) in [5, 5.41) is 5.02. The lowest BCUT2D eigenvalue weighted by Gasteiger charge is -2.25. The number of carbonyl (C=O) groups is 2. The van der Waals surface area contributed by atoms with Crippen molar-refractivity contribution in [2.24, 2.45) is 0 Å². The first-order valence-electron chi connectivity index (χ1n) is 6.20. The van der Waals surface area contributed by atoms with E-state index in [0.717, 1.165) is 12.8 Å². The topological polar surface area (TPSA) is 65.5 Å². The van der Waals surface area contributed by atoms with Gasteiger partial charge in [0.15, 0.2) is 5.13 Å². The van der Waals surface area contributed by atoms with Gasteiger partial charge < -0.3 is 15.1 Å². The van der Waals surface area contributed by atoms with Gasteiger partial charge in [-0.1, -0.05) is 13.3 Å². The number of hydrogen-bond acceptors (Lipinski definition) is 4. The number of nitrogens with one attached hydrogen (secondary N) is 1. The molecule has 0 radical (unpaired) electrons. The predicted octanol–water partition coefficient (Wildman–Crippen LogP) is 1.87. The Morgan fingerprint density at radius 3 is 2.68 bits per heavy atom. The van der Waals surface area contributed by atoms with Gasteiger partial charge in [0.25, 0.3) is 0 Å². The van der Waals surface area contributed by atoms with Gasteiger partial charge in [-0.2, -0.15) is 0 Å². The maximum Gasteiger partial charge on any atom is 0.319 e. The van der Waals surface area contributed by atoms with E-state index in [1.165, 1.54) is 16.2 Å². The van der Waals surface area contributed by atoms with Crippen LogP contribution < -0.4 is 5.32 Å². The van der Waals surface area contributed by atoms with Gasteiger partial charge in [0.1, 0.15) is 6.54 Å². The zero-order valence-corrected chi connectivity index (χ0v) is 12.4. The first-order valence-corrected chi connectivity index (χ1v) is 7.08. The maximum atomic E-state index is 11.9. The highest BCUT2D eigenvalue weighted by Gasteiger charge is 2.18. The highest BCUT2D eigenvalue weighted by atomic mass is 32.1. The third kappa shape index (κ3) is 5.25. The van der Waals surface area contributed by atoms with Crippen molar-refractivity contribution in [2.75, 3.05) is 32.5 Å². The first-order chi connectivity index (χ1) is 9.04. The summed E-state index contributed by atoms with van der Waals surface area (Å²) in [6.45, 7) is 2.68. The molecule has 0 saturated heterocycles. The zero-order chi connectivity index (χ0) is 14.3. The Morgan fingerprint density at radius 1 is 1.42 bits per heavy atom. The van der Waals surface area contributed by atoms with Crippen LogP contribution in [0.4, 0.5) is 9.93 Å². The van der Waals surface area contributed by atoms with Gasteiger partial charge in [0.05, 0.1) is 0 Å². The van der Waals surface area contributed by atoms with Crippen LogP contribution in [0.2, 0.25) is 0 Å². The second-order valence-corrected chi connectivity index (χ2v) is 5.23. The lowest BCUT2D eigenvalue weighted by molar-refractivity contribution is -0.116. The standard InChI is InChI=1S/C12H20N4O2S/c1-4-5-7-16(12(18)15(2)3)9-10(17)14-11-13-6-8-19-11/h6,8H,4-5,7,9H2,1-3H3,(H,13,14,17). The molecule has 1 aromatic rings. The van der Waals surface area contributed by atoms with Crippen molar-refractivity contribution in [3.05, 3.63) is 11.6 Å². The highest BCUT2D eigenvalue weighted by molar-refractivity contribution is 7.13. The van der Waals surface area contributed by atoms with E-state index in [2.05, 4.69) is 10.3 Å². The number of thiazole rings is 1. The zero-order valence-electron chi connectivity index (χ0n) is 11.5. The third-order valence-electron chi connectivity index (χ3n) is 2.45. The second kappa shape index (κ2) is 7.73. The van der Waals surface area contributed by atoms with Crippen molar-refractivity contribution in [1.82, 2.24) is 14.8 Å². The van der Waals surface area contributed by atoms with Crippen molar-refractivity contribution < 1.29 is 9.59 Å². The fraction of sp³-hybridized carbons (Fsp3) is 0.583. The number of nitrogens with zero attached hydrogens (tertiary/aromatic N) is 3. The van der Waals surface area contributed by atoms with Crippen LogP contribution in [0.25, 0.3) is 0 Å². The summed E-state index contributed by atoms with van der Waals surface area (Å²) in [5.41, 5.74) is 0. The minimum atomic E-state index is -0.221. The van der Waals surface area contributed by atoms with E-state index >= 15 is 0 Å². The third-order valence-corrected chi connectivity index (χ3v) is 3.14. The molecule has 0 bridgehead atoms. The molecule has 0 aromatic carbocycles. The molecule has 106 valence electrons. The number of anilines is 1. The SMILES string of the molecule is CCCCN(CC(=O)Nc1nccs1)C(=O)N(C)C. The largest absolute Gasteiger partial charge is 0.331 e. The van der Waals surface area contributed by atoms with Gasteiger partial charge in [-0.25, -0.2) is 9.78 Å². The fourth-order valence-electron chi connectivity index (χ4n) is 1.49. The number of aromatic nitrogens is 1. The van der Waals surface area contributed by atoms with Crippen LogP contribution in [0, 0.1) is 0 Å². The maximum absolute atomic E-state index is 11.9. The lowest BCUT2D eigenvalue weighted by Crippen LogP contribution is -2.43. The molecule has 1 aromatic heterocycles. The number of rotatable bonds is 6. The summed E-state index contributed by atoms with van der Waals surface area (Å²) in [5.74, 6) is -0.221. The quantitative estimate of drug-likeness (QED) is 0.867. The summed E-state index contributed by atoms with van der Waals surface area (Å²) in [6, 6.07) is -0.150. The van der Waals surface area contributed by atoms with Crippen LogP contribution in [0.15, 0.2) is 11.6 Å². The Morgan fingerprint density at radius 2 is 2.16 bits per heavy atom. The van der Waals surface area contributed by atoms with Crippen molar-refractivity contribution in [1.29, 1.82) is 0 Å². The van der Waals surface area contributed by atoms with Crippen LogP contribution in [0.3, 0.4) is 0 Å². The molecule has 1 heterocycles. The summed E-state index contributed by atoms with van der Waals surface area (Å²) in [6.07, 6.45) is 3.48. The van der Waals surface area contributed by atoms with Crippen molar-refractivity contribution in [2.45, 2.75) is 19.8 Å². The molecule has 1 N–H and O–H groups in total. The molecule has 0 aliphatic carbocycles. The van der Waals surface area contributed by atoms with Crippen LogP contribution in [-0.2, 0) is 4.79 Å². The van der Waals surface area contributed by atoms with Crippen LogP contribution in [0.5, 0.6) is 0 Å². The molecule has 0 unspecified atom stereocenters. The summed E-state index contributed by atoms with van der Waals surface area (Å²) in [4.78, 5) is 30.8. The van der Waals surface area contributed by atoms with Crippen molar-refractivity contribution >= 4 is 28.4 Å². The Hall–Kier alpha value is -1.63. The molecular weight excluding hydrogens is 264 g/mol. The van der Waals surface area contributed by atoms with E-state index in [-0.39, 0.29) is 18.5 Å². The molecule has 0 saturated carbocycles. The summed E-state index contributed by atoms with van der Waals surface area (Å²) in [7, 11) is 3.36. The number of unbranched alkanes of at least 4 members (excludes halogenated alkanes) is 1. The van der Waals surface area contributed by atoms with Crippen LogP contribution in [-0.4, -0.2) is 53.9 Å². The van der Waals surface area contributed by atoms with Gasteiger partial charge in [0.2, 0.25) is 5.91 Å². The Labute approximate surface area is 117 Å². The number of carbonyl (C=O) groups excluding carboxylic acids is 2. The van der Waals surface area contributed by atoms with E-state index in [1.807, 2.05) is 6.92 Å². The Balaban J connectivity index is 2.55. The molecule has 0 atom stereocenters. The normalized spacial score (nSPS) is 10.1. The smallest absolute Gasteiger partial charge is 0.319 e. The molecule has 0 fully saturated rings. The van der Waals surface area contributed by atoms with Crippen molar-refractivity contribution in [3.63, 3.8) is 0 Å². The minimum Gasteiger partial charge on any atom is -0.331 e. The van der Waals surface area contributed by atoms with E-state index in [4.69, 9.17) is 0 Å². The summed E-state index contributed by atoms with van der Waals surface area (Å²) < 4.78 is 0. The molecule has 0 aliphatic heterocycles. The monoisotopic (exact) mass is 284 g/mol. The summed E-state index contributed by atoms with van der Waals surface area (Å²) >= 11 is 1.35. The van der Waals surface area contributed by atoms with Crippen LogP contribution in [0.1, 0.15) is 19.8 Å². The molecule has 0 aliphatic rings. The van der Waals surface area contributed by atoms with Crippen LogP contribution >= 0.6 is 11.3 Å². The molecule has 0 spiro atoms. The Bertz CT molecular complexity index is 406. The predicted molar refractivity (Wildman–Crippen MR) is 76.3 cm³/mol. The van der Waals surface area contributed by atoms with Crippen molar-refractivity contribution in [3.8, 4) is 0 Å². The van der Waals surface area contributed by atoms with E-state index in [0.29, 0.717) is 11.7 Å². The average molecular weight is 284 g/mol. The number of amides is 3. The molecule has 1 rings (SSSR count). The van der Waals surface area contributed by atoms with Gasteiger partial charge in [0, 0.05) is 32.2 Å². The van der Waals surface area contributed by atoms with Gasteiger partial charge >= 0.3 is 6.03 Å². The second-order valence-electron chi connectivity index (χ2n) is 4.34. The molecule has 6 nitrogen and oxygen atoms in total. The lowest BCUT2D eigenvalue weighted by atomic mass is 10.3. The van der Waals surface area contributed by atoms with E-state index < -0.39 is 0 Å². The van der Waals surface area contributed by atoms with Gasteiger partial charge in [-0.05, 0) is 6.42 Å². The fourth-order valence-corrected chi connectivity index (χ4v) is 2.04. The average Bonchev–Trinajstić information content (AvgIpc) is 2.86. The highest BCUT2D eigenvalue weighted by Crippen LogP contribution is 2.10. The number of hydrogen-bond donors (Lipinski definition) is 1. The molecule has 7 heteroatoms. The molecule has 3 amide bonds. The van der Waals surface area contributed by atoms with E-state index in [9.17, 15) is 9.59 Å². The minimum absolute atomic E-state index is 0.0522. The number of urea groups is 1. The molecule has 19 heavy (non-hydrogen) atoms. The van der Waals surface area contributed by atoms with Gasteiger partial charge in [-0.15, -0.1) is 11.3 Å². The van der Waals surface area contributed by atoms with Gasteiger partial charge in [-0.3, -0.25) is 4.79 Å². The first kappa shape index (κ1) is 15.4. The Kier molecular flexibility index (Phi) is 6.27. The van der Waals surface area contributed by atoms with E-state index in [1.54, 1.807) is 30.6 Å².